The third kappa shape index (κ3) is 5.47. The van der Waals surface area contributed by atoms with Gasteiger partial charge in [0.05, 0.1) is 6.61 Å². The molecule has 2 atom stereocenters. The van der Waals surface area contributed by atoms with Gasteiger partial charge in [-0.15, -0.1) is 0 Å². The molecule has 0 aromatic heterocycles. The molecule has 0 radical (unpaired) electrons. The molecule has 0 amide bonds. The normalized spacial score (nSPS) is 18.9. The predicted molar refractivity (Wildman–Crippen MR) is 109 cm³/mol. The van der Waals surface area contributed by atoms with Crippen LogP contribution in [0, 0.1) is 6.92 Å². The summed E-state index contributed by atoms with van der Waals surface area (Å²) in [5.74, 6) is 2.28. The molecule has 1 saturated carbocycles. The molecule has 2 N–H and O–H groups in total. The van der Waals surface area contributed by atoms with E-state index in [-0.39, 0.29) is 0 Å². The van der Waals surface area contributed by atoms with Crippen molar-refractivity contribution in [2.75, 3.05) is 27.4 Å². The SMILES string of the molecule is CN=C(NCc1ccc(C)cc1OCCOC)NC1CC1c1ccccc1. The lowest BCUT2D eigenvalue weighted by Gasteiger charge is -2.15. The van der Waals surface area contributed by atoms with Crippen LogP contribution in [-0.2, 0) is 11.3 Å². The number of nitrogens with one attached hydrogen (secondary N) is 2. The highest BCUT2D eigenvalue weighted by molar-refractivity contribution is 5.80. The van der Waals surface area contributed by atoms with Gasteiger partial charge in [0, 0.05) is 38.2 Å². The fourth-order valence-corrected chi connectivity index (χ4v) is 3.15. The lowest BCUT2D eigenvalue weighted by atomic mass is 10.1. The average molecular weight is 367 g/mol. The Balaban J connectivity index is 1.54. The maximum atomic E-state index is 5.87. The van der Waals surface area contributed by atoms with Gasteiger partial charge in [0.1, 0.15) is 12.4 Å². The lowest BCUT2D eigenvalue weighted by Crippen LogP contribution is -2.38. The molecule has 0 saturated heterocycles. The van der Waals surface area contributed by atoms with Gasteiger partial charge in [0.15, 0.2) is 5.96 Å². The molecule has 2 aromatic rings. The summed E-state index contributed by atoms with van der Waals surface area (Å²) in [5.41, 5.74) is 3.67. The maximum Gasteiger partial charge on any atom is 0.191 e. The summed E-state index contributed by atoms with van der Waals surface area (Å²) in [6.45, 7) is 3.84. The van der Waals surface area contributed by atoms with Crippen LogP contribution >= 0.6 is 0 Å². The molecule has 0 heterocycles. The van der Waals surface area contributed by atoms with Gasteiger partial charge in [-0.3, -0.25) is 4.99 Å². The van der Waals surface area contributed by atoms with E-state index >= 15 is 0 Å². The van der Waals surface area contributed by atoms with Crippen molar-refractivity contribution in [3.8, 4) is 5.75 Å². The number of nitrogens with zero attached hydrogens (tertiary/aromatic N) is 1. The minimum Gasteiger partial charge on any atom is -0.491 e. The number of rotatable bonds is 8. The molecule has 5 nitrogen and oxygen atoms in total. The Bertz CT molecular complexity index is 761. The standard InChI is InChI=1S/C22H29N3O2/c1-16-9-10-18(21(13-16)27-12-11-26-3)15-24-22(23-2)25-20-14-19(20)17-7-5-4-6-8-17/h4-10,13,19-20H,11-12,14-15H2,1-3H3,(H2,23,24,25). The molecule has 144 valence electrons. The van der Waals surface area contributed by atoms with E-state index in [1.807, 2.05) is 0 Å². The minimum atomic E-state index is 0.439. The highest BCUT2D eigenvalue weighted by atomic mass is 16.5. The first kappa shape index (κ1) is 19.2. The first-order valence-corrected chi connectivity index (χ1v) is 9.44. The average Bonchev–Trinajstić information content (AvgIpc) is 3.46. The second-order valence-electron chi connectivity index (χ2n) is 6.88. The van der Waals surface area contributed by atoms with Gasteiger partial charge in [0.2, 0.25) is 0 Å². The van der Waals surface area contributed by atoms with Gasteiger partial charge < -0.3 is 20.1 Å². The Morgan fingerprint density at radius 3 is 2.70 bits per heavy atom. The Kier molecular flexibility index (Phi) is 6.71. The van der Waals surface area contributed by atoms with Crippen molar-refractivity contribution in [3.05, 3.63) is 65.2 Å². The van der Waals surface area contributed by atoms with Crippen LogP contribution in [0.1, 0.15) is 29.0 Å². The molecule has 1 fully saturated rings. The first-order chi connectivity index (χ1) is 13.2. The number of guanidine groups is 1. The van der Waals surface area contributed by atoms with Crippen molar-refractivity contribution in [1.29, 1.82) is 0 Å². The summed E-state index contributed by atoms with van der Waals surface area (Å²) in [6.07, 6.45) is 1.14. The molecule has 5 heteroatoms. The van der Waals surface area contributed by atoms with Gasteiger partial charge in [-0.05, 0) is 30.5 Å². The minimum absolute atomic E-state index is 0.439. The summed E-state index contributed by atoms with van der Waals surface area (Å²) in [7, 11) is 3.48. The summed E-state index contributed by atoms with van der Waals surface area (Å²) in [4.78, 5) is 4.37. The zero-order valence-corrected chi connectivity index (χ0v) is 16.4. The third-order valence-corrected chi connectivity index (χ3v) is 4.78. The fourth-order valence-electron chi connectivity index (χ4n) is 3.15. The number of aryl methyl sites for hydroxylation is 1. The highest BCUT2D eigenvalue weighted by Crippen LogP contribution is 2.40. The molecule has 27 heavy (non-hydrogen) atoms. The molecule has 0 spiro atoms. The Morgan fingerprint density at radius 2 is 1.96 bits per heavy atom. The van der Waals surface area contributed by atoms with Crippen molar-refractivity contribution in [2.45, 2.75) is 31.8 Å². The number of ether oxygens (including phenoxy) is 2. The van der Waals surface area contributed by atoms with Crippen molar-refractivity contribution in [1.82, 2.24) is 10.6 Å². The van der Waals surface area contributed by atoms with Crippen LogP contribution in [0.5, 0.6) is 5.75 Å². The Hall–Kier alpha value is -2.53. The van der Waals surface area contributed by atoms with Gasteiger partial charge in [-0.2, -0.15) is 0 Å². The Labute approximate surface area is 161 Å². The lowest BCUT2D eigenvalue weighted by molar-refractivity contribution is 0.145. The fraction of sp³-hybridized carbons (Fsp3) is 0.409. The van der Waals surface area contributed by atoms with E-state index in [9.17, 15) is 0 Å². The van der Waals surface area contributed by atoms with Crippen LogP contribution < -0.4 is 15.4 Å². The topological polar surface area (TPSA) is 54.9 Å². The summed E-state index contributed by atoms with van der Waals surface area (Å²) in [5, 5.41) is 6.93. The van der Waals surface area contributed by atoms with Crippen molar-refractivity contribution >= 4 is 5.96 Å². The summed E-state index contributed by atoms with van der Waals surface area (Å²) < 4.78 is 10.9. The number of hydrogen-bond acceptors (Lipinski definition) is 3. The largest absolute Gasteiger partial charge is 0.491 e. The van der Waals surface area contributed by atoms with Gasteiger partial charge in [0.25, 0.3) is 0 Å². The first-order valence-electron chi connectivity index (χ1n) is 9.44. The van der Waals surface area contributed by atoms with Gasteiger partial charge >= 0.3 is 0 Å². The van der Waals surface area contributed by atoms with Crippen molar-refractivity contribution in [3.63, 3.8) is 0 Å². The maximum absolute atomic E-state index is 5.87. The molecule has 1 aliphatic carbocycles. The number of benzene rings is 2. The second-order valence-corrected chi connectivity index (χ2v) is 6.88. The van der Waals surface area contributed by atoms with E-state index in [1.165, 1.54) is 11.1 Å². The zero-order chi connectivity index (χ0) is 19.1. The molecular weight excluding hydrogens is 338 g/mol. The van der Waals surface area contributed by atoms with E-state index in [0.29, 0.717) is 31.7 Å². The molecule has 2 aromatic carbocycles. The van der Waals surface area contributed by atoms with Crippen LogP contribution in [0.3, 0.4) is 0 Å². The van der Waals surface area contributed by atoms with Crippen molar-refractivity contribution < 1.29 is 9.47 Å². The second kappa shape index (κ2) is 9.42. The monoisotopic (exact) mass is 367 g/mol. The molecule has 2 unspecified atom stereocenters. The van der Waals surface area contributed by atoms with E-state index in [0.717, 1.165) is 23.7 Å². The van der Waals surface area contributed by atoms with Crippen LogP contribution in [0.2, 0.25) is 0 Å². The quantitative estimate of drug-likeness (QED) is 0.427. The number of methoxy groups -OCH3 is 1. The van der Waals surface area contributed by atoms with Crippen LogP contribution in [0.25, 0.3) is 0 Å². The summed E-state index contributed by atoms with van der Waals surface area (Å²) in [6, 6.07) is 17.3. The molecule has 1 aliphatic rings. The zero-order valence-electron chi connectivity index (χ0n) is 16.4. The van der Waals surface area contributed by atoms with E-state index in [2.05, 4.69) is 71.1 Å². The van der Waals surface area contributed by atoms with Crippen LogP contribution in [-0.4, -0.2) is 39.4 Å². The van der Waals surface area contributed by atoms with E-state index in [1.54, 1.807) is 14.2 Å². The van der Waals surface area contributed by atoms with Crippen LogP contribution in [0.4, 0.5) is 0 Å². The molecule has 0 bridgehead atoms. The van der Waals surface area contributed by atoms with Crippen molar-refractivity contribution in [2.24, 2.45) is 4.99 Å². The summed E-state index contributed by atoms with van der Waals surface area (Å²) >= 11 is 0. The molecular formula is C22H29N3O2. The van der Waals surface area contributed by atoms with E-state index in [4.69, 9.17) is 9.47 Å². The number of aliphatic imine (C=N–C) groups is 1. The van der Waals surface area contributed by atoms with Gasteiger partial charge in [-0.25, -0.2) is 0 Å². The highest BCUT2D eigenvalue weighted by Gasteiger charge is 2.38. The van der Waals surface area contributed by atoms with Crippen LogP contribution in [0.15, 0.2) is 53.5 Å². The molecule has 3 rings (SSSR count). The Morgan fingerprint density at radius 1 is 1.15 bits per heavy atom. The third-order valence-electron chi connectivity index (χ3n) is 4.78. The van der Waals surface area contributed by atoms with Gasteiger partial charge in [-0.1, -0.05) is 42.5 Å². The number of hydrogen-bond donors (Lipinski definition) is 2. The van der Waals surface area contributed by atoms with E-state index < -0.39 is 0 Å². The molecule has 0 aliphatic heterocycles. The predicted octanol–water partition coefficient (Wildman–Crippen LogP) is 3.24. The smallest absolute Gasteiger partial charge is 0.191 e.